The Bertz CT molecular complexity index is 664. The molecule has 176 valence electrons. The first-order chi connectivity index (χ1) is 14.8. The summed E-state index contributed by atoms with van der Waals surface area (Å²) in [6, 6.07) is 0. The summed E-state index contributed by atoms with van der Waals surface area (Å²) in [5.41, 5.74) is 3.20. The summed E-state index contributed by atoms with van der Waals surface area (Å²) in [5.74, 6) is 2.27. The summed E-state index contributed by atoms with van der Waals surface area (Å²) in [6.07, 6.45) is 15.6. The van der Waals surface area contributed by atoms with Crippen LogP contribution in [0.15, 0.2) is 23.3 Å². The number of amides is 1. The highest BCUT2D eigenvalue weighted by atomic mass is 79.9. The number of rotatable bonds is 8. The maximum atomic E-state index is 11.3. The van der Waals surface area contributed by atoms with Crippen molar-refractivity contribution >= 4 is 21.8 Å². The minimum absolute atomic E-state index is 0.0768. The van der Waals surface area contributed by atoms with Crippen molar-refractivity contribution in [2.24, 2.45) is 23.2 Å². The van der Waals surface area contributed by atoms with Crippen LogP contribution in [0.25, 0.3) is 0 Å². The average molecular weight is 497 g/mol. The number of halogens is 1. The third-order valence-electron chi connectivity index (χ3n) is 8.33. The number of carbonyl (C=O) groups excluding carboxylic acids is 1. The largest absolute Gasteiger partial charge is 0.393 e. The molecule has 3 fully saturated rings. The molecule has 0 saturated heterocycles. The van der Waals surface area contributed by atoms with Gasteiger partial charge in [-0.25, -0.2) is 0 Å². The van der Waals surface area contributed by atoms with Gasteiger partial charge >= 0.3 is 0 Å². The van der Waals surface area contributed by atoms with Crippen LogP contribution in [0.1, 0.15) is 84.5 Å². The van der Waals surface area contributed by atoms with Gasteiger partial charge in [0.05, 0.1) is 17.5 Å². The Morgan fingerprint density at radius 3 is 2.68 bits per heavy atom. The first-order valence-corrected chi connectivity index (χ1v) is 13.5. The van der Waals surface area contributed by atoms with Crippen molar-refractivity contribution in [2.75, 3.05) is 11.9 Å². The van der Waals surface area contributed by atoms with Crippen LogP contribution in [0.2, 0.25) is 0 Å². The summed E-state index contributed by atoms with van der Waals surface area (Å²) < 4.78 is 0. The van der Waals surface area contributed by atoms with Crippen LogP contribution in [0.4, 0.5) is 0 Å². The molecule has 3 aliphatic carbocycles. The zero-order chi connectivity index (χ0) is 22.4. The molecule has 3 N–H and O–H groups in total. The van der Waals surface area contributed by atoms with Gasteiger partial charge in [-0.1, -0.05) is 65.9 Å². The zero-order valence-corrected chi connectivity index (χ0v) is 21.0. The van der Waals surface area contributed by atoms with Crippen LogP contribution in [-0.4, -0.2) is 40.2 Å². The molecule has 1 amide bonds. The van der Waals surface area contributed by atoms with E-state index in [-0.39, 0.29) is 5.91 Å². The summed E-state index contributed by atoms with van der Waals surface area (Å²) in [7, 11) is 0. The quantitative estimate of drug-likeness (QED) is 0.316. The SMILES string of the molecule is C[C@H](CCCCNC(=O)CBr)[C@H]1CC[C@H]2/C(=C/C=C3C[C@@H](O)C[C@H](O)C3)CCC[C@]12C. The van der Waals surface area contributed by atoms with E-state index < -0.39 is 12.2 Å². The molecule has 0 spiro atoms. The predicted octanol–water partition coefficient (Wildman–Crippen LogP) is 5.28. The van der Waals surface area contributed by atoms with Crippen LogP contribution in [0.5, 0.6) is 0 Å². The van der Waals surface area contributed by atoms with Crippen molar-refractivity contribution < 1.29 is 15.0 Å². The fourth-order valence-electron chi connectivity index (χ4n) is 6.81. The smallest absolute Gasteiger partial charge is 0.230 e. The summed E-state index contributed by atoms with van der Waals surface area (Å²) >= 11 is 3.19. The second kappa shape index (κ2) is 11.5. The standard InChI is InChI=1S/C26H42BrNO3/c1-18(6-3-4-13-28-25(31)17-27)23-10-11-24-20(7-5-12-26(23,24)2)9-8-19-14-21(29)16-22(30)15-19/h8-9,18,21-24,29-30H,3-7,10-17H2,1-2H3,(H,28,31)/b20-9+/t18-,21-,22-,23-,24+,26-/m1/s1. The van der Waals surface area contributed by atoms with E-state index >= 15 is 0 Å². The number of fused-ring (bicyclic) bond motifs is 1. The normalized spacial score (nSPS) is 35.6. The molecular formula is C26H42BrNO3. The van der Waals surface area contributed by atoms with Crippen molar-refractivity contribution in [1.82, 2.24) is 5.32 Å². The van der Waals surface area contributed by atoms with Gasteiger partial charge in [-0.15, -0.1) is 0 Å². The fraction of sp³-hybridized carbons (Fsp3) is 0.808. The summed E-state index contributed by atoms with van der Waals surface area (Å²) in [5, 5.41) is 23.3. The van der Waals surface area contributed by atoms with Gasteiger partial charge in [-0.2, -0.15) is 0 Å². The second-order valence-electron chi connectivity index (χ2n) is 10.6. The lowest BCUT2D eigenvalue weighted by molar-refractivity contribution is -0.118. The average Bonchev–Trinajstić information content (AvgIpc) is 3.08. The molecule has 0 heterocycles. The Kier molecular flexibility index (Phi) is 9.24. The molecule has 0 unspecified atom stereocenters. The van der Waals surface area contributed by atoms with Gasteiger partial charge in [0.2, 0.25) is 5.91 Å². The van der Waals surface area contributed by atoms with Crippen LogP contribution >= 0.6 is 15.9 Å². The Balaban J connectivity index is 1.57. The Morgan fingerprint density at radius 1 is 1.23 bits per heavy atom. The van der Waals surface area contributed by atoms with E-state index in [0.29, 0.717) is 35.9 Å². The molecule has 0 bridgehead atoms. The van der Waals surface area contributed by atoms with E-state index in [1.165, 1.54) is 50.5 Å². The Hall–Kier alpha value is -0.650. The minimum atomic E-state index is -0.394. The third kappa shape index (κ3) is 6.45. The molecule has 3 rings (SSSR count). The summed E-state index contributed by atoms with van der Waals surface area (Å²) in [6.45, 7) is 5.77. The first-order valence-electron chi connectivity index (χ1n) is 12.4. The van der Waals surface area contributed by atoms with Crippen LogP contribution in [0.3, 0.4) is 0 Å². The lowest BCUT2D eigenvalue weighted by Crippen LogP contribution is -2.36. The monoisotopic (exact) mass is 495 g/mol. The van der Waals surface area contributed by atoms with Gasteiger partial charge in [0.15, 0.2) is 0 Å². The number of aliphatic hydroxyl groups excluding tert-OH is 2. The topological polar surface area (TPSA) is 69.6 Å². The Morgan fingerprint density at radius 2 is 1.97 bits per heavy atom. The second-order valence-corrected chi connectivity index (χ2v) is 11.1. The summed E-state index contributed by atoms with van der Waals surface area (Å²) in [4.78, 5) is 11.3. The number of hydrogen-bond donors (Lipinski definition) is 3. The number of carbonyl (C=O) groups is 1. The molecule has 31 heavy (non-hydrogen) atoms. The van der Waals surface area contributed by atoms with Gasteiger partial charge in [0, 0.05) is 6.54 Å². The van der Waals surface area contributed by atoms with Crippen molar-refractivity contribution in [1.29, 1.82) is 0 Å². The minimum Gasteiger partial charge on any atom is -0.393 e. The lowest BCUT2D eigenvalue weighted by Gasteiger charge is -2.44. The molecule has 0 radical (unpaired) electrons. The first kappa shape index (κ1) is 25.0. The fourth-order valence-corrected chi connectivity index (χ4v) is 7.01. The lowest BCUT2D eigenvalue weighted by atomic mass is 9.60. The van der Waals surface area contributed by atoms with Crippen LogP contribution in [0, 0.1) is 23.2 Å². The molecule has 0 aromatic heterocycles. The molecule has 4 nitrogen and oxygen atoms in total. The third-order valence-corrected chi connectivity index (χ3v) is 8.84. The van der Waals surface area contributed by atoms with Gasteiger partial charge in [0.25, 0.3) is 0 Å². The van der Waals surface area contributed by atoms with Crippen molar-refractivity contribution in [2.45, 2.75) is 96.7 Å². The number of nitrogens with one attached hydrogen (secondary N) is 1. The maximum Gasteiger partial charge on any atom is 0.230 e. The molecule has 5 heteroatoms. The molecular weight excluding hydrogens is 454 g/mol. The number of allylic oxidation sites excluding steroid dienone is 3. The number of unbranched alkanes of at least 4 members (excludes halogenated alkanes) is 1. The maximum absolute atomic E-state index is 11.3. The van der Waals surface area contributed by atoms with E-state index in [2.05, 4.69) is 47.2 Å². The molecule has 6 atom stereocenters. The molecule has 0 aromatic rings. The van der Waals surface area contributed by atoms with E-state index in [1.54, 1.807) is 5.57 Å². The number of alkyl halides is 1. The van der Waals surface area contributed by atoms with E-state index in [4.69, 9.17) is 0 Å². The van der Waals surface area contributed by atoms with Gasteiger partial charge in [-0.05, 0) is 81.0 Å². The highest BCUT2D eigenvalue weighted by Gasteiger charge is 2.50. The van der Waals surface area contributed by atoms with Crippen LogP contribution in [-0.2, 0) is 4.79 Å². The van der Waals surface area contributed by atoms with Crippen molar-refractivity contribution in [3.63, 3.8) is 0 Å². The van der Waals surface area contributed by atoms with Gasteiger partial charge in [-0.3, -0.25) is 4.79 Å². The van der Waals surface area contributed by atoms with Crippen molar-refractivity contribution in [3.8, 4) is 0 Å². The molecule has 3 aliphatic rings. The van der Waals surface area contributed by atoms with Crippen LogP contribution < -0.4 is 5.32 Å². The highest BCUT2D eigenvalue weighted by Crippen LogP contribution is 2.59. The zero-order valence-electron chi connectivity index (χ0n) is 19.4. The predicted molar refractivity (Wildman–Crippen MR) is 130 cm³/mol. The highest BCUT2D eigenvalue weighted by molar-refractivity contribution is 9.09. The van der Waals surface area contributed by atoms with E-state index in [9.17, 15) is 15.0 Å². The molecule has 0 aliphatic heterocycles. The number of aliphatic hydroxyl groups is 2. The van der Waals surface area contributed by atoms with Gasteiger partial charge in [0.1, 0.15) is 0 Å². The van der Waals surface area contributed by atoms with Crippen molar-refractivity contribution in [3.05, 3.63) is 23.3 Å². The molecule has 3 saturated carbocycles. The Labute approximate surface area is 197 Å². The number of hydrogen-bond acceptors (Lipinski definition) is 3. The molecule has 0 aromatic carbocycles. The van der Waals surface area contributed by atoms with Gasteiger partial charge < -0.3 is 15.5 Å². The van der Waals surface area contributed by atoms with E-state index in [0.717, 1.165) is 24.8 Å². The van der Waals surface area contributed by atoms with E-state index in [1.807, 2.05) is 0 Å².